The lowest BCUT2D eigenvalue weighted by atomic mass is 10.1. The van der Waals surface area contributed by atoms with Gasteiger partial charge in [0.15, 0.2) is 0 Å². The van der Waals surface area contributed by atoms with Crippen LogP contribution >= 0.6 is 0 Å². The van der Waals surface area contributed by atoms with Crippen LogP contribution in [-0.2, 0) is 0 Å². The second-order valence-corrected chi connectivity index (χ2v) is 6.95. The summed E-state index contributed by atoms with van der Waals surface area (Å²) in [6.45, 7) is 1.95. The molecule has 8 nitrogen and oxygen atoms in total. The highest BCUT2D eigenvalue weighted by Gasteiger charge is 2.11. The SMILES string of the molecule is CNC(=O)c1cccc(-c2cc(C)c(-n3cc(-c4ccc(C(=O)O)cc4)nn3)cn2)c1. The molecular formula is C23H19N5O3. The van der Waals surface area contributed by atoms with E-state index in [-0.39, 0.29) is 11.5 Å². The summed E-state index contributed by atoms with van der Waals surface area (Å²) in [6, 6.07) is 15.7. The number of nitrogens with zero attached hydrogens (tertiary/aromatic N) is 4. The zero-order chi connectivity index (χ0) is 22.0. The van der Waals surface area contributed by atoms with Gasteiger partial charge in [-0.2, -0.15) is 0 Å². The van der Waals surface area contributed by atoms with Crippen LogP contribution in [0.25, 0.3) is 28.2 Å². The number of carboxylic acid groups (broad SMARTS) is 1. The van der Waals surface area contributed by atoms with Gasteiger partial charge in [0, 0.05) is 23.7 Å². The van der Waals surface area contributed by atoms with Gasteiger partial charge in [-0.15, -0.1) is 5.10 Å². The van der Waals surface area contributed by atoms with E-state index >= 15 is 0 Å². The van der Waals surface area contributed by atoms with Crippen molar-refractivity contribution < 1.29 is 14.7 Å². The first-order chi connectivity index (χ1) is 15.0. The number of amides is 1. The molecule has 0 spiro atoms. The van der Waals surface area contributed by atoms with E-state index in [2.05, 4.69) is 20.6 Å². The Morgan fingerprint density at radius 2 is 1.74 bits per heavy atom. The van der Waals surface area contributed by atoms with Crippen LogP contribution in [0.2, 0.25) is 0 Å². The number of pyridine rings is 1. The Balaban J connectivity index is 1.62. The fourth-order valence-corrected chi connectivity index (χ4v) is 3.21. The summed E-state index contributed by atoms with van der Waals surface area (Å²) in [5.74, 6) is -1.13. The molecule has 0 aliphatic heterocycles. The van der Waals surface area contributed by atoms with Crippen LogP contribution in [0, 0.1) is 6.92 Å². The molecule has 4 aromatic rings. The largest absolute Gasteiger partial charge is 0.478 e. The van der Waals surface area contributed by atoms with Gasteiger partial charge in [0.25, 0.3) is 5.91 Å². The van der Waals surface area contributed by atoms with Crippen molar-refractivity contribution in [2.75, 3.05) is 7.05 Å². The first kappa shape index (κ1) is 20.0. The quantitative estimate of drug-likeness (QED) is 0.519. The number of hydrogen-bond acceptors (Lipinski definition) is 5. The summed E-state index contributed by atoms with van der Waals surface area (Å²) in [7, 11) is 1.60. The van der Waals surface area contributed by atoms with E-state index in [1.54, 1.807) is 48.4 Å². The summed E-state index contributed by atoms with van der Waals surface area (Å²) in [5.41, 5.74) is 5.47. The zero-order valence-electron chi connectivity index (χ0n) is 16.9. The lowest BCUT2D eigenvalue weighted by Crippen LogP contribution is -2.17. The maximum atomic E-state index is 11.9. The van der Waals surface area contributed by atoms with Gasteiger partial charge in [0.2, 0.25) is 0 Å². The highest BCUT2D eigenvalue weighted by molar-refractivity contribution is 5.95. The van der Waals surface area contributed by atoms with Crippen molar-refractivity contribution in [3.8, 4) is 28.2 Å². The van der Waals surface area contributed by atoms with Crippen molar-refractivity contribution in [1.29, 1.82) is 0 Å². The lowest BCUT2D eigenvalue weighted by Gasteiger charge is -2.08. The molecule has 2 aromatic heterocycles. The number of carbonyl (C=O) groups excluding carboxylic acids is 1. The van der Waals surface area contributed by atoms with Crippen molar-refractivity contribution in [3.05, 3.63) is 83.7 Å². The molecule has 1 amide bonds. The first-order valence-corrected chi connectivity index (χ1v) is 9.52. The smallest absolute Gasteiger partial charge is 0.335 e. The highest BCUT2D eigenvalue weighted by Crippen LogP contribution is 2.24. The number of aromatic nitrogens is 4. The molecule has 0 unspecified atom stereocenters. The molecule has 8 heteroatoms. The maximum Gasteiger partial charge on any atom is 0.335 e. The van der Waals surface area contributed by atoms with Crippen LogP contribution in [0.3, 0.4) is 0 Å². The predicted octanol–water partition coefficient (Wildman–Crippen LogP) is 3.36. The molecule has 0 saturated heterocycles. The average Bonchev–Trinajstić information content (AvgIpc) is 3.28. The molecule has 0 aliphatic carbocycles. The molecule has 0 aliphatic rings. The number of benzene rings is 2. The van der Waals surface area contributed by atoms with E-state index in [0.29, 0.717) is 11.3 Å². The number of rotatable bonds is 5. The van der Waals surface area contributed by atoms with Gasteiger partial charge in [-0.05, 0) is 42.8 Å². The average molecular weight is 413 g/mol. The summed E-state index contributed by atoms with van der Waals surface area (Å²) in [6.07, 6.45) is 3.48. The number of hydrogen-bond donors (Lipinski definition) is 2. The molecule has 31 heavy (non-hydrogen) atoms. The molecule has 0 saturated carbocycles. The van der Waals surface area contributed by atoms with Gasteiger partial charge < -0.3 is 10.4 Å². The summed E-state index contributed by atoms with van der Waals surface area (Å²) in [4.78, 5) is 27.4. The van der Waals surface area contributed by atoms with E-state index < -0.39 is 5.97 Å². The molecule has 0 fully saturated rings. The molecule has 0 atom stereocenters. The minimum absolute atomic E-state index is 0.151. The van der Waals surface area contributed by atoms with Crippen molar-refractivity contribution in [2.45, 2.75) is 6.92 Å². The lowest BCUT2D eigenvalue weighted by molar-refractivity contribution is 0.0696. The van der Waals surface area contributed by atoms with Crippen molar-refractivity contribution in [3.63, 3.8) is 0 Å². The Kier molecular flexibility index (Phi) is 5.28. The van der Waals surface area contributed by atoms with Gasteiger partial charge in [0.1, 0.15) is 5.69 Å². The third-order valence-electron chi connectivity index (χ3n) is 4.90. The van der Waals surface area contributed by atoms with E-state index in [1.807, 2.05) is 25.1 Å². The van der Waals surface area contributed by atoms with Crippen LogP contribution in [-0.4, -0.2) is 44.0 Å². The molecule has 154 valence electrons. The Morgan fingerprint density at radius 3 is 2.42 bits per heavy atom. The van der Waals surface area contributed by atoms with Gasteiger partial charge in [-0.1, -0.05) is 29.5 Å². The topological polar surface area (TPSA) is 110 Å². The molecule has 2 N–H and O–H groups in total. The van der Waals surface area contributed by atoms with Crippen LogP contribution < -0.4 is 5.32 Å². The third-order valence-corrected chi connectivity index (χ3v) is 4.90. The monoisotopic (exact) mass is 413 g/mol. The van der Waals surface area contributed by atoms with Gasteiger partial charge in [-0.3, -0.25) is 9.78 Å². The number of nitrogens with one attached hydrogen (secondary N) is 1. The molecule has 2 aromatic carbocycles. The summed E-state index contributed by atoms with van der Waals surface area (Å²) < 4.78 is 1.63. The molecule has 2 heterocycles. The van der Waals surface area contributed by atoms with E-state index in [1.165, 1.54) is 12.1 Å². The minimum atomic E-state index is -0.974. The van der Waals surface area contributed by atoms with Crippen molar-refractivity contribution in [1.82, 2.24) is 25.3 Å². The van der Waals surface area contributed by atoms with Gasteiger partial charge >= 0.3 is 5.97 Å². The second-order valence-electron chi connectivity index (χ2n) is 6.95. The van der Waals surface area contributed by atoms with Crippen LogP contribution in [0.1, 0.15) is 26.3 Å². The Hall–Kier alpha value is -4.33. The van der Waals surface area contributed by atoms with E-state index in [9.17, 15) is 9.59 Å². The van der Waals surface area contributed by atoms with Crippen LogP contribution in [0.5, 0.6) is 0 Å². The standard InChI is InChI=1S/C23H19N5O3/c1-14-10-19(17-4-3-5-18(11-17)22(29)24-2)25-12-21(14)28-13-20(26-27-28)15-6-8-16(9-7-15)23(30)31/h3-13H,1-2H3,(H,24,29)(H,30,31). The predicted molar refractivity (Wildman–Crippen MR) is 115 cm³/mol. The third kappa shape index (κ3) is 4.04. The van der Waals surface area contributed by atoms with E-state index in [4.69, 9.17) is 5.11 Å². The Labute approximate surface area is 178 Å². The summed E-state index contributed by atoms with van der Waals surface area (Å²) in [5, 5.41) is 20.0. The maximum absolute atomic E-state index is 11.9. The Bertz CT molecular complexity index is 1280. The number of aromatic carboxylic acids is 1. The van der Waals surface area contributed by atoms with Crippen molar-refractivity contribution in [2.24, 2.45) is 0 Å². The number of carbonyl (C=O) groups is 2. The van der Waals surface area contributed by atoms with Gasteiger partial charge in [0.05, 0.1) is 29.3 Å². The molecule has 0 bridgehead atoms. The minimum Gasteiger partial charge on any atom is -0.478 e. The second kappa shape index (κ2) is 8.19. The highest BCUT2D eigenvalue weighted by atomic mass is 16.4. The normalized spacial score (nSPS) is 10.6. The fourth-order valence-electron chi connectivity index (χ4n) is 3.21. The number of carboxylic acids is 1. The fraction of sp³-hybridized carbons (Fsp3) is 0.0870. The Morgan fingerprint density at radius 1 is 0.968 bits per heavy atom. The molecule has 0 radical (unpaired) electrons. The summed E-state index contributed by atoms with van der Waals surface area (Å²) >= 11 is 0. The first-order valence-electron chi connectivity index (χ1n) is 9.52. The van der Waals surface area contributed by atoms with E-state index in [0.717, 1.165) is 28.1 Å². The van der Waals surface area contributed by atoms with Gasteiger partial charge in [-0.25, -0.2) is 9.48 Å². The van der Waals surface area contributed by atoms with Crippen molar-refractivity contribution >= 4 is 11.9 Å². The molecular weight excluding hydrogens is 394 g/mol. The molecule has 4 rings (SSSR count). The zero-order valence-corrected chi connectivity index (χ0v) is 16.9. The van der Waals surface area contributed by atoms with Crippen LogP contribution in [0.15, 0.2) is 67.0 Å². The van der Waals surface area contributed by atoms with Crippen LogP contribution in [0.4, 0.5) is 0 Å². The number of aryl methyl sites for hydroxylation is 1.